The van der Waals surface area contributed by atoms with Gasteiger partial charge in [0.15, 0.2) is 0 Å². The van der Waals surface area contributed by atoms with Gasteiger partial charge in [-0.25, -0.2) is 4.98 Å². The van der Waals surface area contributed by atoms with Gasteiger partial charge in [-0.3, -0.25) is 9.97 Å². The molecule has 100 valence electrons. The summed E-state index contributed by atoms with van der Waals surface area (Å²) in [6.07, 6.45) is 1.40. The van der Waals surface area contributed by atoms with Gasteiger partial charge in [-0.05, 0) is 12.1 Å². The Balaban J connectivity index is 2.18. The first-order valence-electron chi connectivity index (χ1n) is 5.46. The van der Waals surface area contributed by atoms with E-state index < -0.39 is 11.7 Å². The van der Waals surface area contributed by atoms with Crippen molar-refractivity contribution in [2.45, 2.75) is 12.7 Å². The van der Waals surface area contributed by atoms with E-state index in [1.165, 1.54) is 12.4 Å². The zero-order valence-electron chi connectivity index (χ0n) is 10.1. The van der Waals surface area contributed by atoms with Crippen molar-refractivity contribution in [2.75, 3.05) is 11.9 Å². The summed E-state index contributed by atoms with van der Waals surface area (Å²) < 4.78 is 37.8. The number of anilines is 1. The Morgan fingerprint density at radius 3 is 2.58 bits per heavy atom. The summed E-state index contributed by atoms with van der Waals surface area (Å²) in [5, 5.41) is 0. The molecule has 0 aromatic carbocycles. The molecule has 0 amide bonds. The van der Waals surface area contributed by atoms with Crippen molar-refractivity contribution in [2.24, 2.45) is 0 Å². The van der Waals surface area contributed by atoms with Gasteiger partial charge in [0.2, 0.25) is 0 Å². The summed E-state index contributed by atoms with van der Waals surface area (Å²) in [7, 11) is 1.65. The number of aromatic nitrogens is 3. The Labute approximate surface area is 107 Å². The lowest BCUT2D eigenvalue weighted by Crippen LogP contribution is -2.19. The molecule has 2 rings (SSSR count). The Morgan fingerprint density at radius 1 is 1.16 bits per heavy atom. The van der Waals surface area contributed by atoms with Crippen LogP contribution in [-0.4, -0.2) is 22.0 Å². The smallest absolute Gasteiger partial charge is 0.354 e. The Kier molecular flexibility index (Phi) is 3.64. The van der Waals surface area contributed by atoms with Gasteiger partial charge in [-0.15, -0.1) is 0 Å². The third-order valence-electron chi connectivity index (χ3n) is 2.48. The first-order chi connectivity index (χ1) is 8.97. The van der Waals surface area contributed by atoms with Crippen molar-refractivity contribution in [3.05, 3.63) is 48.2 Å². The van der Waals surface area contributed by atoms with Crippen molar-refractivity contribution in [3.8, 4) is 0 Å². The van der Waals surface area contributed by atoms with Crippen LogP contribution in [0.15, 0.2) is 36.9 Å². The largest absolute Gasteiger partial charge is 0.416 e. The second-order valence-electron chi connectivity index (χ2n) is 3.95. The molecule has 0 radical (unpaired) electrons. The van der Waals surface area contributed by atoms with Gasteiger partial charge >= 0.3 is 6.18 Å². The quantitative estimate of drug-likeness (QED) is 0.857. The Hall–Kier alpha value is -2.18. The van der Waals surface area contributed by atoms with Gasteiger partial charge in [0, 0.05) is 25.6 Å². The van der Waals surface area contributed by atoms with Crippen molar-refractivity contribution in [1.29, 1.82) is 0 Å². The standard InChI is InChI=1S/C12H11F3N4/c1-19(8-10-7-16-4-5-17-10)11-6-9(2-3-18-11)12(13,14)15/h2-7H,8H2,1H3. The van der Waals surface area contributed by atoms with Crippen molar-refractivity contribution >= 4 is 5.82 Å². The average molecular weight is 268 g/mol. The van der Waals surface area contributed by atoms with Crippen LogP contribution in [0.2, 0.25) is 0 Å². The van der Waals surface area contributed by atoms with E-state index in [1.54, 1.807) is 18.1 Å². The fourth-order valence-electron chi connectivity index (χ4n) is 1.54. The van der Waals surface area contributed by atoms with Crippen molar-refractivity contribution < 1.29 is 13.2 Å². The van der Waals surface area contributed by atoms with E-state index in [9.17, 15) is 13.2 Å². The molecule has 7 heteroatoms. The molecule has 19 heavy (non-hydrogen) atoms. The van der Waals surface area contributed by atoms with Crippen LogP contribution in [0.5, 0.6) is 0 Å². The summed E-state index contributed by atoms with van der Waals surface area (Å²) in [5.74, 6) is 0.237. The van der Waals surface area contributed by atoms with Crippen LogP contribution in [0, 0.1) is 0 Å². The summed E-state index contributed by atoms with van der Waals surface area (Å²) in [5.41, 5.74) is -0.0623. The van der Waals surface area contributed by atoms with Gasteiger partial charge in [0.1, 0.15) is 5.82 Å². The summed E-state index contributed by atoms with van der Waals surface area (Å²) >= 11 is 0. The molecular formula is C12H11F3N4. The van der Waals surface area contributed by atoms with Gasteiger partial charge in [-0.2, -0.15) is 13.2 Å². The molecule has 0 bridgehead atoms. The fraction of sp³-hybridized carbons (Fsp3) is 0.250. The molecular weight excluding hydrogens is 257 g/mol. The number of halogens is 3. The number of hydrogen-bond donors (Lipinski definition) is 0. The van der Waals surface area contributed by atoms with E-state index >= 15 is 0 Å². The minimum atomic E-state index is -4.37. The van der Waals surface area contributed by atoms with Crippen molar-refractivity contribution in [1.82, 2.24) is 15.0 Å². The molecule has 0 spiro atoms. The van der Waals surface area contributed by atoms with Crippen LogP contribution in [0.1, 0.15) is 11.3 Å². The van der Waals surface area contributed by atoms with E-state index in [4.69, 9.17) is 0 Å². The minimum Gasteiger partial charge on any atom is -0.354 e. The lowest BCUT2D eigenvalue weighted by Gasteiger charge is -2.18. The van der Waals surface area contributed by atoms with Gasteiger partial charge < -0.3 is 4.90 Å². The van der Waals surface area contributed by atoms with E-state index in [2.05, 4.69) is 15.0 Å². The number of hydrogen-bond acceptors (Lipinski definition) is 4. The zero-order chi connectivity index (χ0) is 13.9. The molecule has 0 aliphatic heterocycles. The lowest BCUT2D eigenvalue weighted by molar-refractivity contribution is -0.137. The maximum absolute atomic E-state index is 12.6. The second kappa shape index (κ2) is 5.21. The minimum absolute atomic E-state index is 0.237. The van der Waals surface area contributed by atoms with E-state index in [0.29, 0.717) is 12.2 Å². The van der Waals surface area contributed by atoms with E-state index in [-0.39, 0.29) is 5.82 Å². The Bertz CT molecular complexity index is 542. The molecule has 0 aliphatic carbocycles. The summed E-state index contributed by atoms with van der Waals surface area (Å²) in [4.78, 5) is 13.5. The monoisotopic (exact) mass is 268 g/mol. The maximum Gasteiger partial charge on any atom is 0.416 e. The van der Waals surface area contributed by atoms with Crippen LogP contribution in [0.25, 0.3) is 0 Å². The van der Waals surface area contributed by atoms with Gasteiger partial charge in [0.25, 0.3) is 0 Å². The third kappa shape index (κ3) is 3.40. The second-order valence-corrected chi connectivity index (χ2v) is 3.95. The predicted octanol–water partition coefficient (Wildman–Crippen LogP) is 2.53. The first kappa shape index (κ1) is 13.3. The molecule has 0 saturated carbocycles. The van der Waals surface area contributed by atoms with E-state index in [1.807, 2.05) is 0 Å². The number of alkyl halides is 3. The molecule has 0 N–H and O–H groups in total. The highest BCUT2D eigenvalue weighted by atomic mass is 19.4. The highest BCUT2D eigenvalue weighted by Gasteiger charge is 2.31. The highest BCUT2D eigenvalue weighted by Crippen LogP contribution is 2.30. The predicted molar refractivity (Wildman–Crippen MR) is 63.4 cm³/mol. The molecule has 0 unspecified atom stereocenters. The van der Waals surface area contributed by atoms with Crippen LogP contribution >= 0.6 is 0 Å². The molecule has 0 aliphatic rings. The SMILES string of the molecule is CN(Cc1cnccn1)c1cc(C(F)(F)F)ccn1. The molecule has 4 nitrogen and oxygen atoms in total. The zero-order valence-corrected chi connectivity index (χ0v) is 10.1. The number of nitrogens with zero attached hydrogens (tertiary/aromatic N) is 4. The molecule has 2 aromatic rings. The lowest BCUT2D eigenvalue weighted by atomic mass is 10.2. The summed E-state index contributed by atoms with van der Waals surface area (Å²) in [6, 6.07) is 1.95. The molecule has 2 aromatic heterocycles. The Morgan fingerprint density at radius 2 is 1.95 bits per heavy atom. The normalized spacial score (nSPS) is 11.4. The number of pyridine rings is 1. The van der Waals surface area contributed by atoms with Crippen LogP contribution < -0.4 is 4.90 Å². The van der Waals surface area contributed by atoms with Crippen LogP contribution in [0.4, 0.5) is 19.0 Å². The summed E-state index contributed by atoms with van der Waals surface area (Å²) in [6.45, 7) is 0.335. The fourth-order valence-corrected chi connectivity index (χ4v) is 1.54. The van der Waals surface area contributed by atoms with Gasteiger partial charge in [0.05, 0.1) is 24.0 Å². The average Bonchev–Trinajstić information content (AvgIpc) is 2.39. The molecule has 0 saturated heterocycles. The molecule has 0 fully saturated rings. The van der Waals surface area contributed by atoms with Gasteiger partial charge in [-0.1, -0.05) is 0 Å². The van der Waals surface area contributed by atoms with Crippen LogP contribution in [0.3, 0.4) is 0 Å². The third-order valence-corrected chi connectivity index (χ3v) is 2.48. The number of rotatable bonds is 3. The first-order valence-corrected chi connectivity index (χ1v) is 5.46. The molecule has 0 atom stereocenters. The molecule has 2 heterocycles. The van der Waals surface area contributed by atoms with E-state index in [0.717, 1.165) is 18.3 Å². The maximum atomic E-state index is 12.6. The highest BCUT2D eigenvalue weighted by molar-refractivity contribution is 5.41. The van der Waals surface area contributed by atoms with Crippen LogP contribution in [-0.2, 0) is 12.7 Å². The topological polar surface area (TPSA) is 41.9 Å². The van der Waals surface area contributed by atoms with Crippen molar-refractivity contribution in [3.63, 3.8) is 0 Å².